The van der Waals surface area contributed by atoms with Crippen LogP contribution >= 0.6 is 0 Å². The molecule has 1 aliphatic rings. The standard InChI is InChI=1S/C18H26N6/c1-14-12-21-18(23-16(14)19)22-13-15-8-7-9-20-17(15)24-10-5-3-2-4-6-11-24/h7-9,12H,2-6,10-11,13H2,1H3,(H3,19,21,22,23). The monoisotopic (exact) mass is 326 g/mol. The van der Waals surface area contributed by atoms with E-state index in [2.05, 4.69) is 31.2 Å². The van der Waals surface area contributed by atoms with Crippen LogP contribution < -0.4 is 16.0 Å². The van der Waals surface area contributed by atoms with Crippen molar-refractivity contribution >= 4 is 17.6 Å². The maximum Gasteiger partial charge on any atom is 0.224 e. The van der Waals surface area contributed by atoms with E-state index in [1.807, 2.05) is 19.2 Å². The number of anilines is 3. The molecule has 2 aromatic rings. The smallest absolute Gasteiger partial charge is 0.224 e. The SMILES string of the molecule is Cc1cnc(NCc2cccnc2N2CCCCCCC2)nc1N. The lowest BCUT2D eigenvalue weighted by Crippen LogP contribution is -2.29. The summed E-state index contributed by atoms with van der Waals surface area (Å²) < 4.78 is 0. The normalized spacial score (nSPS) is 15.6. The van der Waals surface area contributed by atoms with E-state index in [1.54, 1.807) is 6.20 Å². The van der Waals surface area contributed by atoms with Crippen LogP contribution in [0.4, 0.5) is 17.6 Å². The second-order valence-electron chi connectivity index (χ2n) is 6.36. The van der Waals surface area contributed by atoms with E-state index >= 15 is 0 Å². The molecule has 0 saturated carbocycles. The molecule has 0 aliphatic carbocycles. The Labute approximate surface area is 143 Å². The van der Waals surface area contributed by atoms with E-state index in [0.29, 0.717) is 18.3 Å². The highest BCUT2D eigenvalue weighted by Crippen LogP contribution is 2.22. The summed E-state index contributed by atoms with van der Waals surface area (Å²) in [5.41, 5.74) is 7.92. The van der Waals surface area contributed by atoms with Crippen molar-refractivity contribution in [2.75, 3.05) is 29.0 Å². The van der Waals surface area contributed by atoms with Crippen LogP contribution in [0.2, 0.25) is 0 Å². The van der Waals surface area contributed by atoms with Gasteiger partial charge in [0.15, 0.2) is 0 Å². The Balaban J connectivity index is 1.72. The number of nitrogens with two attached hydrogens (primary N) is 1. The van der Waals surface area contributed by atoms with Gasteiger partial charge in [0.25, 0.3) is 0 Å². The Morgan fingerprint density at radius 1 is 1.12 bits per heavy atom. The van der Waals surface area contributed by atoms with Crippen LogP contribution in [-0.4, -0.2) is 28.0 Å². The second-order valence-corrected chi connectivity index (χ2v) is 6.36. The number of aryl methyl sites for hydroxylation is 1. The van der Waals surface area contributed by atoms with Gasteiger partial charge in [-0.05, 0) is 25.8 Å². The highest BCUT2D eigenvalue weighted by molar-refractivity contribution is 5.49. The van der Waals surface area contributed by atoms with Gasteiger partial charge in [-0.25, -0.2) is 9.97 Å². The van der Waals surface area contributed by atoms with E-state index in [1.165, 1.54) is 37.7 Å². The van der Waals surface area contributed by atoms with Crippen molar-refractivity contribution in [3.63, 3.8) is 0 Å². The molecule has 0 amide bonds. The number of hydrogen-bond acceptors (Lipinski definition) is 6. The number of rotatable bonds is 4. The van der Waals surface area contributed by atoms with Crippen LogP contribution in [-0.2, 0) is 6.54 Å². The molecular weight excluding hydrogens is 300 g/mol. The van der Waals surface area contributed by atoms with Crippen molar-refractivity contribution in [2.45, 2.75) is 45.6 Å². The number of nitrogens with zero attached hydrogens (tertiary/aromatic N) is 4. The topological polar surface area (TPSA) is 80.0 Å². The maximum absolute atomic E-state index is 5.86. The van der Waals surface area contributed by atoms with Crippen molar-refractivity contribution in [3.05, 3.63) is 35.7 Å². The summed E-state index contributed by atoms with van der Waals surface area (Å²) in [4.78, 5) is 15.6. The molecule has 24 heavy (non-hydrogen) atoms. The van der Waals surface area contributed by atoms with Crippen molar-refractivity contribution < 1.29 is 0 Å². The molecule has 0 aromatic carbocycles. The van der Waals surface area contributed by atoms with Crippen molar-refractivity contribution in [1.82, 2.24) is 15.0 Å². The molecule has 3 N–H and O–H groups in total. The number of aromatic nitrogens is 3. The number of nitrogens with one attached hydrogen (secondary N) is 1. The minimum atomic E-state index is 0.516. The number of nitrogen functional groups attached to an aromatic ring is 1. The summed E-state index contributed by atoms with van der Waals surface area (Å²) in [6.07, 6.45) is 10.1. The largest absolute Gasteiger partial charge is 0.383 e. The average molecular weight is 326 g/mol. The molecule has 1 saturated heterocycles. The predicted octanol–water partition coefficient (Wildman–Crippen LogP) is 3.14. The molecule has 1 aliphatic heterocycles. The molecule has 3 rings (SSSR count). The fourth-order valence-electron chi connectivity index (χ4n) is 3.03. The van der Waals surface area contributed by atoms with Gasteiger partial charge >= 0.3 is 0 Å². The van der Waals surface area contributed by atoms with Gasteiger partial charge in [0, 0.05) is 43.2 Å². The third-order valence-corrected chi connectivity index (χ3v) is 4.47. The van der Waals surface area contributed by atoms with Gasteiger partial charge in [0.1, 0.15) is 11.6 Å². The zero-order valence-electron chi connectivity index (χ0n) is 14.3. The van der Waals surface area contributed by atoms with Gasteiger partial charge in [-0.1, -0.05) is 25.3 Å². The maximum atomic E-state index is 5.86. The van der Waals surface area contributed by atoms with Crippen LogP contribution in [0.25, 0.3) is 0 Å². The van der Waals surface area contributed by atoms with Crippen LogP contribution in [0, 0.1) is 6.92 Å². The summed E-state index contributed by atoms with van der Waals surface area (Å²) in [5.74, 6) is 2.15. The number of hydrogen-bond donors (Lipinski definition) is 2. The first kappa shape index (κ1) is 16.5. The average Bonchev–Trinajstić information content (AvgIpc) is 2.56. The molecule has 0 radical (unpaired) electrons. The molecule has 0 spiro atoms. The van der Waals surface area contributed by atoms with Gasteiger partial charge in [0.05, 0.1) is 0 Å². The Morgan fingerprint density at radius 2 is 1.88 bits per heavy atom. The second kappa shape index (κ2) is 7.95. The molecule has 128 valence electrons. The molecular formula is C18H26N6. The Kier molecular flexibility index (Phi) is 5.46. The molecule has 0 unspecified atom stereocenters. The fraction of sp³-hybridized carbons (Fsp3) is 0.500. The lowest BCUT2D eigenvalue weighted by Gasteiger charge is -2.27. The molecule has 2 aromatic heterocycles. The van der Waals surface area contributed by atoms with Crippen molar-refractivity contribution in [2.24, 2.45) is 0 Å². The third kappa shape index (κ3) is 4.13. The molecule has 6 heteroatoms. The van der Waals surface area contributed by atoms with Crippen LogP contribution in [0.5, 0.6) is 0 Å². The Bertz CT molecular complexity index is 664. The lowest BCUT2D eigenvalue weighted by atomic mass is 10.1. The van der Waals surface area contributed by atoms with E-state index < -0.39 is 0 Å². The third-order valence-electron chi connectivity index (χ3n) is 4.47. The molecule has 1 fully saturated rings. The molecule has 3 heterocycles. The van der Waals surface area contributed by atoms with Gasteiger partial charge < -0.3 is 16.0 Å². The highest BCUT2D eigenvalue weighted by Gasteiger charge is 2.14. The van der Waals surface area contributed by atoms with Crippen LogP contribution in [0.1, 0.15) is 43.2 Å². The van der Waals surface area contributed by atoms with E-state index in [0.717, 1.165) is 24.5 Å². The van der Waals surface area contributed by atoms with Crippen LogP contribution in [0.3, 0.4) is 0 Å². The first-order chi connectivity index (χ1) is 11.7. The Hall–Kier alpha value is -2.37. The predicted molar refractivity (Wildman–Crippen MR) is 98.0 cm³/mol. The first-order valence-corrected chi connectivity index (χ1v) is 8.76. The Morgan fingerprint density at radius 3 is 2.62 bits per heavy atom. The summed E-state index contributed by atoms with van der Waals surface area (Å²) >= 11 is 0. The minimum absolute atomic E-state index is 0.516. The summed E-state index contributed by atoms with van der Waals surface area (Å²) in [7, 11) is 0. The molecule has 0 atom stereocenters. The van der Waals surface area contributed by atoms with Gasteiger partial charge in [-0.3, -0.25) is 0 Å². The fourth-order valence-corrected chi connectivity index (χ4v) is 3.03. The molecule has 0 bridgehead atoms. The van der Waals surface area contributed by atoms with Gasteiger partial charge in [0.2, 0.25) is 5.95 Å². The quantitative estimate of drug-likeness (QED) is 0.898. The van der Waals surface area contributed by atoms with Gasteiger partial charge in [-0.15, -0.1) is 0 Å². The minimum Gasteiger partial charge on any atom is -0.383 e. The summed E-state index contributed by atoms with van der Waals surface area (Å²) in [6.45, 7) is 4.71. The summed E-state index contributed by atoms with van der Waals surface area (Å²) in [5, 5.41) is 3.27. The van der Waals surface area contributed by atoms with E-state index in [9.17, 15) is 0 Å². The summed E-state index contributed by atoms with van der Waals surface area (Å²) in [6, 6.07) is 4.10. The zero-order chi connectivity index (χ0) is 16.8. The van der Waals surface area contributed by atoms with Gasteiger partial charge in [-0.2, -0.15) is 4.98 Å². The zero-order valence-corrected chi connectivity index (χ0v) is 14.3. The van der Waals surface area contributed by atoms with Crippen molar-refractivity contribution in [3.8, 4) is 0 Å². The van der Waals surface area contributed by atoms with E-state index in [-0.39, 0.29) is 0 Å². The number of pyridine rings is 1. The molecule has 6 nitrogen and oxygen atoms in total. The van der Waals surface area contributed by atoms with Crippen LogP contribution in [0.15, 0.2) is 24.5 Å². The highest BCUT2D eigenvalue weighted by atomic mass is 15.2. The van der Waals surface area contributed by atoms with Crippen molar-refractivity contribution in [1.29, 1.82) is 0 Å². The first-order valence-electron chi connectivity index (χ1n) is 8.76. The van der Waals surface area contributed by atoms with E-state index in [4.69, 9.17) is 5.73 Å². The lowest BCUT2D eigenvalue weighted by molar-refractivity contribution is 0.553.